The van der Waals surface area contributed by atoms with E-state index in [1.54, 1.807) is 6.07 Å². The molecule has 4 heteroatoms. The largest absolute Gasteiger partial charge is 0.506 e. The van der Waals surface area contributed by atoms with Crippen LogP contribution in [0.5, 0.6) is 5.75 Å². The molecule has 1 aromatic heterocycles. The molecule has 0 saturated carbocycles. The number of benzene rings is 1. The molecular formula is C15H20FN2O+. The summed E-state index contributed by atoms with van der Waals surface area (Å²) in [5, 5.41) is 13.3. The first-order chi connectivity index (χ1) is 9.09. The Hall–Kier alpha value is -1.55. The second kappa shape index (κ2) is 4.53. The number of phenols is 1. The number of fused-ring (bicyclic) bond motifs is 3. The number of aromatic nitrogens is 1. The van der Waals surface area contributed by atoms with Crippen LogP contribution in [-0.2, 0) is 13.0 Å². The minimum absolute atomic E-state index is 0.0602. The minimum Gasteiger partial charge on any atom is -0.506 e. The normalized spacial score (nSPS) is 15.8. The van der Waals surface area contributed by atoms with E-state index in [0.717, 1.165) is 37.0 Å². The van der Waals surface area contributed by atoms with E-state index in [4.69, 9.17) is 0 Å². The van der Waals surface area contributed by atoms with Crippen molar-refractivity contribution in [2.45, 2.75) is 32.7 Å². The molecule has 2 heterocycles. The minimum atomic E-state index is -0.362. The molecule has 0 bridgehead atoms. The van der Waals surface area contributed by atoms with Crippen LogP contribution in [0.4, 0.5) is 4.39 Å². The third kappa shape index (κ3) is 1.91. The van der Waals surface area contributed by atoms with Gasteiger partial charge >= 0.3 is 0 Å². The Morgan fingerprint density at radius 3 is 2.84 bits per heavy atom. The van der Waals surface area contributed by atoms with E-state index in [-0.39, 0.29) is 11.6 Å². The third-order valence-corrected chi connectivity index (χ3v) is 3.97. The summed E-state index contributed by atoms with van der Waals surface area (Å²) in [5.41, 5.74) is 3.26. The number of nitrogens with two attached hydrogens (primary N) is 1. The number of halogens is 1. The molecule has 0 radical (unpaired) electrons. The van der Waals surface area contributed by atoms with E-state index >= 15 is 0 Å². The lowest BCUT2D eigenvalue weighted by atomic mass is 9.98. The summed E-state index contributed by atoms with van der Waals surface area (Å²) in [6.45, 7) is 7.19. The molecule has 102 valence electrons. The molecule has 1 aromatic carbocycles. The highest BCUT2D eigenvalue weighted by Crippen LogP contribution is 2.37. The molecule has 0 spiro atoms. The molecular weight excluding hydrogens is 243 g/mol. The predicted octanol–water partition coefficient (Wildman–Crippen LogP) is 1.73. The average Bonchev–Trinajstić information content (AvgIpc) is 2.48. The third-order valence-electron chi connectivity index (χ3n) is 3.97. The van der Waals surface area contributed by atoms with Crippen LogP contribution in [-0.4, -0.2) is 22.8 Å². The van der Waals surface area contributed by atoms with E-state index in [1.807, 2.05) is 0 Å². The topological polar surface area (TPSA) is 41.8 Å². The van der Waals surface area contributed by atoms with Crippen molar-refractivity contribution >= 4 is 10.9 Å². The van der Waals surface area contributed by atoms with Crippen molar-refractivity contribution in [3.05, 3.63) is 29.2 Å². The Kier molecular flexibility index (Phi) is 2.97. The van der Waals surface area contributed by atoms with Gasteiger partial charge in [-0.15, -0.1) is 0 Å². The summed E-state index contributed by atoms with van der Waals surface area (Å²) < 4.78 is 15.8. The van der Waals surface area contributed by atoms with Crippen LogP contribution in [0.25, 0.3) is 10.9 Å². The first kappa shape index (κ1) is 12.5. The molecule has 2 aromatic rings. The number of hydrogen-bond acceptors (Lipinski definition) is 1. The van der Waals surface area contributed by atoms with Gasteiger partial charge in [0.25, 0.3) is 0 Å². The fourth-order valence-electron chi connectivity index (χ4n) is 3.27. The van der Waals surface area contributed by atoms with E-state index in [0.29, 0.717) is 5.92 Å². The summed E-state index contributed by atoms with van der Waals surface area (Å²) in [6.07, 6.45) is 0.975. The lowest BCUT2D eigenvalue weighted by Crippen LogP contribution is -2.84. The molecule has 3 N–H and O–H groups in total. The monoisotopic (exact) mass is 263 g/mol. The zero-order valence-corrected chi connectivity index (χ0v) is 11.4. The Balaban J connectivity index is 2.40. The molecule has 19 heavy (non-hydrogen) atoms. The molecule has 0 aliphatic carbocycles. The molecule has 0 fully saturated rings. The van der Waals surface area contributed by atoms with Gasteiger partial charge in [-0.3, -0.25) is 0 Å². The first-order valence-electron chi connectivity index (χ1n) is 6.94. The molecule has 0 saturated heterocycles. The molecule has 3 nitrogen and oxygen atoms in total. The number of phenolic OH excluding ortho intramolecular Hbond substituents is 1. The second-order valence-electron chi connectivity index (χ2n) is 5.60. The molecule has 1 aliphatic rings. The highest BCUT2D eigenvalue weighted by molar-refractivity contribution is 5.91. The molecule has 0 unspecified atom stereocenters. The maximum Gasteiger partial charge on any atom is 0.142 e. The standard InChI is InChI=1S/C15H19FN2O/c1-9(2)14-11-7-10(16)8-13(19)15(11)18-6-5-17-4-3-12(14)18/h7-9,17,19H,3-6H2,1-2H3/p+1. The number of rotatable bonds is 1. The number of aromatic hydroxyl groups is 1. The fourth-order valence-corrected chi connectivity index (χ4v) is 3.27. The highest BCUT2D eigenvalue weighted by Gasteiger charge is 2.23. The second-order valence-corrected chi connectivity index (χ2v) is 5.60. The lowest BCUT2D eigenvalue weighted by molar-refractivity contribution is -0.653. The molecule has 1 aliphatic heterocycles. The Bertz CT molecular complexity index is 631. The van der Waals surface area contributed by atoms with Crippen LogP contribution in [0.3, 0.4) is 0 Å². The summed E-state index contributed by atoms with van der Waals surface area (Å²) in [5.74, 6) is 0.0299. The Labute approximate surface area is 112 Å². The number of hydrogen-bond donors (Lipinski definition) is 2. The summed E-state index contributed by atoms with van der Waals surface area (Å²) in [7, 11) is 0. The Morgan fingerprint density at radius 2 is 2.11 bits per heavy atom. The molecule has 0 atom stereocenters. The van der Waals surface area contributed by atoms with E-state index in [1.165, 1.54) is 17.3 Å². The molecule has 3 rings (SSSR count). The summed E-state index contributed by atoms with van der Waals surface area (Å²) in [6, 6.07) is 2.78. The van der Waals surface area contributed by atoms with Crippen LogP contribution < -0.4 is 5.32 Å². The van der Waals surface area contributed by atoms with Gasteiger partial charge in [-0.1, -0.05) is 13.8 Å². The van der Waals surface area contributed by atoms with Gasteiger partial charge in [-0.2, -0.15) is 0 Å². The van der Waals surface area contributed by atoms with Gasteiger partial charge in [0, 0.05) is 23.6 Å². The van der Waals surface area contributed by atoms with Gasteiger partial charge in [-0.05, 0) is 17.5 Å². The average molecular weight is 263 g/mol. The number of nitrogens with zero attached hydrogens (tertiary/aromatic N) is 1. The van der Waals surface area contributed by atoms with E-state index in [9.17, 15) is 9.50 Å². The van der Waals surface area contributed by atoms with Gasteiger partial charge < -0.3 is 15.0 Å². The van der Waals surface area contributed by atoms with Crippen LogP contribution in [0.15, 0.2) is 12.1 Å². The predicted molar refractivity (Wildman–Crippen MR) is 73.0 cm³/mol. The number of quaternary nitrogens is 1. The maximum atomic E-state index is 13.6. The smallest absolute Gasteiger partial charge is 0.142 e. The fraction of sp³-hybridized carbons (Fsp3) is 0.467. The van der Waals surface area contributed by atoms with Crippen molar-refractivity contribution in [3.63, 3.8) is 0 Å². The SMILES string of the molecule is CC(C)c1c2n(c3c(O)cc(F)cc13)CC[NH2+]CC2. The zero-order valence-electron chi connectivity index (χ0n) is 11.4. The van der Waals surface area contributed by atoms with Crippen molar-refractivity contribution < 1.29 is 14.8 Å². The van der Waals surface area contributed by atoms with Gasteiger partial charge in [0.15, 0.2) is 0 Å². The Morgan fingerprint density at radius 1 is 1.32 bits per heavy atom. The molecule has 0 amide bonds. The van der Waals surface area contributed by atoms with Crippen molar-refractivity contribution in [2.24, 2.45) is 0 Å². The van der Waals surface area contributed by atoms with Crippen LogP contribution in [0.2, 0.25) is 0 Å². The van der Waals surface area contributed by atoms with Crippen LogP contribution >= 0.6 is 0 Å². The van der Waals surface area contributed by atoms with Crippen molar-refractivity contribution in [1.29, 1.82) is 0 Å². The maximum absolute atomic E-state index is 13.6. The summed E-state index contributed by atoms with van der Waals surface area (Å²) in [4.78, 5) is 0. The highest BCUT2D eigenvalue weighted by atomic mass is 19.1. The summed E-state index contributed by atoms with van der Waals surface area (Å²) >= 11 is 0. The van der Waals surface area contributed by atoms with E-state index < -0.39 is 0 Å². The van der Waals surface area contributed by atoms with Crippen LogP contribution in [0, 0.1) is 5.82 Å². The van der Waals surface area contributed by atoms with Crippen molar-refractivity contribution in [2.75, 3.05) is 13.1 Å². The first-order valence-corrected chi connectivity index (χ1v) is 6.94. The van der Waals surface area contributed by atoms with Gasteiger partial charge in [0.1, 0.15) is 11.6 Å². The lowest BCUT2D eigenvalue weighted by Gasteiger charge is -2.08. The van der Waals surface area contributed by atoms with Gasteiger partial charge in [0.2, 0.25) is 0 Å². The zero-order chi connectivity index (χ0) is 13.6. The van der Waals surface area contributed by atoms with Gasteiger partial charge in [-0.25, -0.2) is 4.39 Å². The van der Waals surface area contributed by atoms with Crippen LogP contribution in [0.1, 0.15) is 31.0 Å². The van der Waals surface area contributed by atoms with E-state index in [2.05, 4.69) is 23.7 Å². The van der Waals surface area contributed by atoms with Crippen molar-refractivity contribution in [1.82, 2.24) is 4.57 Å². The van der Waals surface area contributed by atoms with Crippen molar-refractivity contribution in [3.8, 4) is 5.75 Å². The van der Waals surface area contributed by atoms with Gasteiger partial charge in [0.05, 0.1) is 25.2 Å². The quantitative estimate of drug-likeness (QED) is 0.808.